The van der Waals surface area contributed by atoms with Gasteiger partial charge in [-0.15, -0.1) is 11.3 Å². The van der Waals surface area contributed by atoms with E-state index >= 15 is 0 Å². The SMILES string of the molecule is Cc1ccc(C)c(S(=O)(=O)N(C)Cc2cnc(C)s2)c1. The molecule has 20 heavy (non-hydrogen) atoms. The summed E-state index contributed by atoms with van der Waals surface area (Å²) in [7, 11) is -1.87. The number of hydrogen-bond acceptors (Lipinski definition) is 4. The molecule has 0 fully saturated rings. The second-order valence-corrected chi connectivity index (χ2v) is 8.21. The highest BCUT2D eigenvalue weighted by Crippen LogP contribution is 2.23. The molecule has 1 aromatic carbocycles. The summed E-state index contributed by atoms with van der Waals surface area (Å²) in [6.07, 6.45) is 1.73. The molecule has 0 unspecified atom stereocenters. The van der Waals surface area contributed by atoms with Gasteiger partial charge in [0.25, 0.3) is 0 Å². The maximum atomic E-state index is 12.6. The van der Waals surface area contributed by atoms with E-state index in [0.29, 0.717) is 11.4 Å². The summed E-state index contributed by atoms with van der Waals surface area (Å²) >= 11 is 1.52. The van der Waals surface area contributed by atoms with Crippen LogP contribution in [0.25, 0.3) is 0 Å². The summed E-state index contributed by atoms with van der Waals surface area (Å²) in [6.45, 7) is 5.97. The minimum absolute atomic E-state index is 0.348. The first-order valence-corrected chi connectivity index (χ1v) is 8.51. The molecule has 0 aliphatic carbocycles. The number of thiazole rings is 1. The second-order valence-electron chi connectivity index (χ2n) is 4.88. The second kappa shape index (κ2) is 5.63. The predicted molar refractivity (Wildman–Crippen MR) is 81.4 cm³/mol. The maximum absolute atomic E-state index is 12.6. The van der Waals surface area contributed by atoms with Crippen molar-refractivity contribution >= 4 is 21.4 Å². The molecule has 0 atom stereocenters. The normalized spacial score (nSPS) is 12.1. The molecule has 4 nitrogen and oxygen atoms in total. The van der Waals surface area contributed by atoms with Crippen LogP contribution in [0.3, 0.4) is 0 Å². The fourth-order valence-corrected chi connectivity index (χ4v) is 4.32. The first-order valence-electron chi connectivity index (χ1n) is 6.25. The lowest BCUT2D eigenvalue weighted by Gasteiger charge is -2.18. The van der Waals surface area contributed by atoms with Gasteiger partial charge in [-0.25, -0.2) is 13.4 Å². The van der Waals surface area contributed by atoms with Gasteiger partial charge < -0.3 is 0 Å². The molecule has 1 heterocycles. The molecule has 0 saturated heterocycles. The first kappa shape index (κ1) is 15.2. The molecular weight excluding hydrogens is 292 g/mol. The lowest BCUT2D eigenvalue weighted by Crippen LogP contribution is -2.26. The van der Waals surface area contributed by atoms with Crippen LogP contribution in [0.1, 0.15) is 21.0 Å². The fraction of sp³-hybridized carbons (Fsp3) is 0.357. The van der Waals surface area contributed by atoms with E-state index in [-0.39, 0.29) is 0 Å². The summed E-state index contributed by atoms with van der Waals surface area (Å²) in [5.41, 5.74) is 1.71. The number of nitrogens with zero attached hydrogens (tertiary/aromatic N) is 2. The average Bonchev–Trinajstić information content (AvgIpc) is 2.77. The Morgan fingerprint density at radius 3 is 2.55 bits per heavy atom. The minimum atomic E-state index is -3.47. The van der Waals surface area contributed by atoms with E-state index in [1.54, 1.807) is 19.3 Å². The molecule has 1 aromatic heterocycles. The molecule has 0 N–H and O–H groups in total. The Balaban J connectivity index is 2.32. The summed E-state index contributed by atoms with van der Waals surface area (Å²) < 4.78 is 26.6. The largest absolute Gasteiger partial charge is 0.250 e. The third kappa shape index (κ3) is 3.08. The Morgan fingerprint density at radius 1 is 1.25 bits per heavy atom. The highest BCUT2D eigenvalue weighted by molar-refractivity contribution is 7.89. The molecule has 0 aliphatic rings. The zero-order valence-corrected chi connectivity index (χ0v) is 13.7. The Labute approximate surface area is 124 Å². The van der Waals surface area contributed by atoms with E-state index in [9.17, 15) is 8.42 Å². The zero-order valence-electron chi connectivity index (χ0n) is 12.0. The van der Waals surface area contributed by atoms with E-state index < -0.39 is 10.0 Å². The van der Waals surface area contributed by atoms with Crippen LogP contribution in [0, 0.1) is 20.8 Å². The fourth-order valence-electron chi connectivity index (χ4n) is 1.94. The van der Waals surface area contributed by atoms with Crippen LogP contribution >= 0.6 is 11.3 Å². The number of rotatable bonds is 4. The quantitative estimate of drug-likeness (QED) is 0.872. The third-order valence-electron chi connectivity index (χ3n) is 3.08. The summed E-state index contributed by atoms with van der Waals surface area (Å²) in [5.74, 6) is 0. The number of hydrogen-bond donors (Lipinski definition) is 0. The van der Waals surface area contributed by atoms with Gasteiger partial charge in [0.1, 0.15) is 0 Å². The topological polar surface area (TPSA) is 50.3 Å². The number of aromatic nitrogens is 1. The lowest BCUT2D eigenvalue weighted by molar-refractivity contribution is 0.469. The standard InChI is InChI=1S/C14H18N2O2S2/c1-10-5-6-11(2)14(7-10)20(17,18)16(4)9-13-8-15-12(3)19-13/h5-8H,9H2,1-4H3. The number of benzene rings is 1. The number of sulfonamides is 1. The lowest BCUT2D eigenvalue weighted by atomic mass is 10.2. The van der Waals surface area contributed by atoms with Gasteiger partial charge in [-0.2, -0.15) is 4.31 Å². The summed E-state index contributed by atoms with van der Waals surface area (Å²) in [5, 5.41) is 0.942. The van der Waals surface area contributed by atoms with Crippen LogP contribution < -0.4 is 0 Å². The Kier molecular flexibility index (Phi) is 4.27. The molecule has 0 saturated carbocycles. The monoisotopic (exact) mass is 310 g/mol. The van der Waals surface area contributed by atoms with Crippen molar-refractivity contribution in [1.29, 1.82) is 0 Å². The van der Waals surface area contributed by atoms with E-state index in [1.165, 1.54) is 15.6 Å². The highest BCUT2D eigenvalue weighted by Gasteiger charge is 2.23. The Hall–Kier alpha value is -1.24. The van der Waals surface area contributed by atoms with Gasteiger partial charge in [-0.05, 0) is 38.0 Å². The van der Waals surface area contributed by atoms with Gasteiger partial charge in [-0.1, -0.05) is 12.1 Å². The number of aryl methyl sites for hydroxylation is 3. The van der Waals surface area contributed by atoms with E-state index in [0.717, 1.165) is 21.0 Å². The summed E-state index contributed by atoms with van der Waals surface area (Å²) in [4.78, 5) is 5.47. The van der Waals surface area contributed by atoms with Crippen LogP contribution in [-0.4, -0.2) is 24.8 Å². The Bertz CT molecular complexity index is 721. The van der Waals surface area contributed by atoms with Crippen molar-refractivity contribution in [3.63, 3.8) is 0 Å². The molecule has 0 bridgehead atoms. The highest BCUT2D eigenvalue weighted by atomic mass is 32.2. The van der Waals surface area contributed by atoms with Gasteiger partial charge in [0.05, 0.1) is 9.90 Å². The molecule has 0 aliphatic heterocycles. The molecule has 0 radical (unpaired) electrons. The average molecular weight is 310 g/mol. The molecular formula is C14H18N2O2S2. The molecule has 6 heteroatoms. The van der Waals surface area contributed by atoms with Crippen LogP contribution in [0.5, 0.6) is 0 Å². The van der Waals surface area contributed by atoms with Crippen molar-refractivity contribution in [3.05, 3.63) is 45.4 Å². The first-order chi connectivity index (χ1) is 9.30. The molecule has 2 aromatic rings. The minimum Gasteiger partial charge on any atom is -0.250 e. The van der Waals surface area contributed by atoms with Crippen LogP contribution in [0.15, 0.2) is 29.3 Å². The van der Waals surface area contributed by atoms with Crippen LogP contribution in [-0.2, 0) is 16.6 Å². The molecule has 2 rings (SSSR count). The molecule has 0 spiro atoms. The van der Waals surface area contributed by atoms with Crippen molar-refractivity contribution in [2.75, 3.05) is 7.05 Å². The van der Waals surface area contributed by atoms with Gasteiger partial charge in [-0.3, -0.25) is 0 Å². The smallest absolute Gasteiger partial charge is 0.243 e. The van der Waals surface area contributed by atoms with Crippen LogP contribution in [0.4, 0.5) is 0 Å². The van der Waals surface area contributed by atoms with Gasteiger partial charge in [0, 0.05) is 24.7 Å². The molecule has 108 valence electrons. The van der Waals surface area contributed by atoms with Crippen molar-refractivity contribution < 1.29 is 8.42 Å². The molecule has 0 amide bonds. The van der Waals surface area contributed by atoms with Crippen molar-refractivity contribution in [1.82, 2.24) is 9.29 Å². The third-order valence-corrected chi connectivity index (χ3v) is 5.92. The van der Waals surface area contributed by atoms with Crippen LogP contribution in [0.2, 0.25) is 0 Å². The zero-order chi connectivity index (χ0) is 14.9. The summed E-state index contributed by atoms with van der Waals surface area (Å²) in [6, 6.07) is 5.48. The van der Waals surface area contributed by atoms with Gasteiger partial charge in [0.2, 0.25) is 10.0 Å². The Morgan fingerprint density at radius 2 is 1.95 bits per heavy atom. The van der Waals surface area contributed by atoms with Crippen molar-refractivity contribution in [3.8, 4) is 0 Å². The van der Waals surface area contributed by atoms with Crippen molar-refractivity contribution in [2.24, 2.45) is 0 Å². The van der Waals surface area contributed by atoms with Gasteiger partial charge in [0.15, 0.2) is 0 Å². The maximum Gasteiger partial charge on any atom is 0.243 e. The van der Waals surface area contributed by atoms with E-state index in [1.807, 2.05) is 32.9 Å². The van der Waals surface area contributed by atoms with Crippen molar-refractivity contribution in [2.45, 2.75) is 32.2 Å². The van der Waals surface area contributed by atoms with E-state index in [4.69, 9.17) is 0 Å². The van der Waals surface area contributed by atoms with Gasteiger partial charge >= 0.3 is 0 Å². The predicted octanol–water partition coefficient (Wildman–Crippen LogP) is 2.89. The van der Waals surface area contributed by atoms with E-state index in [2.05, 4.69) is 4.98 Å².